The Morgan fingerprint density at radius 3 is 1.36 bits per heavy atom. The molecule has 0 heterocycles. The molecule has 0 fully saturated rings. The zero-order chi connectivity index (χ0) is 11.8. The summed E-state index contributed by atoms with van der Waals surface area (Å²) in [5.41, 5.74) is 0. The van der Waals surface area contributed by atoms with Crippen molar-refractivity contribution < 1.29 is 30.9 Å². The van der Waals surface area contributed by atoms with E-state index in [0.717, 1.165) is 13.8 Å². The van der Waals surface area contributed by atoms with Gasteiger partial charge in [-0.2, -0.15) is 26.3 Å². The van der Waals surface area contributed by atoms with Crippen LogP contribution in [0.5, 0.6) is 0 Å². The Balaban J connectivity index is 5.20. The highest BCUT2D eigenvalue weighted by Gasteiger charge is 2.65. The Morgan fingerprint density at radius 1 is 1.00 bits per heavy atom. The first-order valence-corrected chi connectivity index (χ1v) is 6.06. The van der Waals surface area contributed by atoms with Crippen LogP contribution in [0.15, 0.2) is 0 Å². The summed E-state index contributed by atoms with van der Waals surface area (Å²) >= 11 is 3.59. The van der Waals surface area contributed by atoms with Crippen molar-refractivity contribution in [3.05, 3.63) is 0 Å². The maximum absolute atomic E-state index is 12.1. The van der Waals surface area contributed by atoms with E-state index in [9.17, 15) is 26.3 Å². The number of rotatable bonds is 2. The first kappa shape index (κ1) is 14.2. The lowest BCUT2D eigenvalue weighted by Crippen LogP contribution is -2.25. The van der Waals surface area contributed by atoms with Gasteiger partial charge in [0.05, 0.1) is 6.10 Å². The van der Waals surface area contributed by atoms with Gasteiger partial charge in [0.1, 0.15) is 0 Å². The molecule has 0 saturated heterocycles. The lowest BCUT2D eigenvalue weighted by Gasteiger charge is -2.28. The normalized spacial score (nSPS) is 14.9. The topological polar surface area (TPSA) is 9.23 Å². The van der Waals surface area contributed by atoms with E-state index in [4.69, 9.17) is 0 Å². The summed E-state index contributed by atoms with van der Waals surface area (Å²) in [6.07, 6.45) is -7.03. The highest BCUT2D eigenvalue weighted by Crippen LogP contribution is 2.72. The maximum atomic E-state index is 12.1. The van der Waals surface area contributed by atoms with Gasteiger partial charge in [-0.05, 0) is 25.7 Å². The average Bonchev–Trinajstić information content (AvgIpc) is 1.79. The Labute approximate surface area is 81.5 Å². The van der Waals surface area contributed by atoms with Crippen molar-refractivity contribution in [2.24, 2.45) is 0 Å². The molecule has 1 nitrogen and oxygen atoms in total. The largest absolute Gasteiger partial charge is 0.446 e. The van der Waals surface area contributed by atoms with Crippen molar-refractivity contribution in [3.63, 3.8) is 0 Å². The van der Waals surface area contributed by atoms with Crippen LogP contribution in [-0.2, 0) is 16.3 Å². The van der Waals surface area contributed by atoms with Gasteiger partial charge in [-0.1, -0.05) is 0 Å². The van der Waals surface area contributed by atoms with Crippen LogP contribution < -0.4 is 0 Å². The second-order valence-electron chi connectivity index (χ2n) is 2.64. The molecule has 0 rings (SSSR count). The van der Waals surface area contributed by atoms with Gasteiger partial charge in [0.15, 0.2) is 0 Å². The monoisotopic (exact) mass is 260 g/mol. The molecule has 0 spiro atoms. The van der Waals surface area contributed by atoms with E-state index in [1.54, 1.807) is 0 Å². The molecule has 0 bridgehead atoms. The van der Waals surface area contributed by atoms with Crippen molar-refractivity contribution >= 4 is 18.1 Å². The fraction of sp³-hybridized carbons (Fsp3) is 1.00. The molecule has 86 valence electrons. The van der Waals surface area contributed by atoms with Crippen molar-refractivity contribution in [2.45, 2.75) is 31.8 Å². The standard InChI is InChI=1S/C5H7F6OPS/c1-3(2)12-13(14,4(6,7)8)5(9,10)11/h3H,1-2H3. The third kappa shape index (κ3) is 2.84. The van der Waals surface area contributed by atoms with E-state index in [0.29, 0.717) is 0 Å². The third-order valence-electron chi connectivity index (χ3n) is 1.03. The Kier molecular flexibility index (Phi) is 4.03. The molecule has 0 aromatic carbocycles. The van der Waals surface area contributed by atoms with Crippen LogP contribution in [0.1, 0.15) is 13.8 Å². The van der Waals surface area contributed by atoms with Gasteiger partial charge >= 0.3 is 11.8 Å². The van der Waals surface area contributed by atoms with Crippen molar-refractivity contribution in [1.29, 1.82) is 0 Å². The van der Waals surface area contributed by atoms with Crippen molar-refractivity contribution in [2.75, 3.05) is 0 Å². The molecule has 0 aromatic rings. The molecule has 0 radical (unpaired) electrons. The van der Waals surface area contributed by atoms with E-state index in [2.05, 4.69) is 16.3 Å². The molecule has 0 saturated carbocycles. The van der Waals surface area contributed by atoms with Crippen LogP contribution in [-0.4, -0.2) is 17.9 Å². The van der Waals surface area contributed by atoms with E-state index >= 15 is 0 Å². The second kappa shape index (κ2) is 3.98. The first-order valence-electron chi connectivity index (χ1n) is 3.34. The van der Waals surface area contributed by atoms with E-state index < -0.39 is 24.2 Å². The Hall–Kier alpha value is 0.190. The van der Waals surface area contributed by atoms with Crippen LogP contribution in [0.25, 0.3) is 0 Å². The Bertz CT molecular complexity index is 226. The number of hydrogen-bond acceptors (Lipinski definition) is 2. The van der Waals surface area contributed by atoms with E-state index in [-0.39, 0.29) is 0 Å². The smallest absolute Gasteiger partial charge is 0.334 e. The summed E-state index contributed by atoms with van der Waals surface area (Å²) in [6.45, 7) is 2.14. The second-order valence-corrected chi connectivity index (χ2v) is 6.51. The summed E-state index contributed by atoms with van der Waals surface area (Å²) in [5, 5.41) is 0. The predicted molar refractivity (Wildman–Crippen MR) is 42.6 cm³/mol. The van der Waals surface area contributed by atoms with Gasteiger partial charge in [0.2, 0.25) is 0 Å². The summed E-state index contributed by atoms with van der Waals surface area (Å²) < 4.78 is 76.2. The van der Waals surface area contributed by atoms with Crippen LogP contribution in [0.2, 0.25) is 0 Å². The quantitative estimate of drug-likeness (QED) is 0.551. The molecule has 0 amide bonds. The van der Waals surface area contributed by atoms with Gasteiger partial charge < -0.3 is 4.52 Å². The zero-order valence-corrected chi connectivity index (χ0v) is 8.82. The maximum Gasteiger partial charge on any atom is 0.446 e. The lowest BCUT2D eigenvalue weighted by atomic mass is 10.5. The van der Waals surface area contributed by atoms with Gasteiger partial charge in [-0.3, -0.25) is 0 Å². The van der Waals surface area contributed by atoms with Crippen LogP contribution >= 0.6 is 6.26 Å². The van der Waals surface area contributed by atoms with E-state index in [1.165, 1.54) is 0 Å². The minimum atomic E-state index is -5.81. The lowest BCUT2D eigenvalue weighted by molar-refractivity contribution is -0.102. The van der Waals surface area contributed by atoms with Crippen LogP contribution in [0, 0.1) is 0 Å². The van der Waals surface area contributed by atoms with Gasteiger partial charge in [0, 0.05) is 0 Å². The minimum Gasteiger partial charge on any atom is -0.334 e. The number of alkyl halides is 6. The van der Waals surface area contributed by atoms with Crippen LogP contribution in [0.4, 0.5) is 26.3 Å². The molecule has 0 aromatic heterocycles. The highest BCUT2D eigenvalue weighted by molar-refractivity contribution is 8.13. The highest BCUT2D eigenvalue weighted by atomic mass is 32.4. The molecule has 0 aliphatic rings. The number of hydrogen-bond donors (Lipinski definition) is 0. The SMILES string of the molecule is CC(C)OP(=S)(C(F)(F)F)C(F)(F)F. The summed E-state index contributed by atoms with van der Waals surface area (Å²) in [6, 6.07) is 0. The summed E-state index contributed by atoms with van der Waals surface area (Å²) in [7, 11) is 0. The fourth-order valence-corrected chi connectivity index (χ4v) is 2.20. The molecule has 0 N–H and O–H groups in total. The van der Waals surface area contributed by atoms with Crippen LogP contribution in [0.3, 0.4) is 0 Å². The molecule has 0 aliphatic carbocycles. The average molecular weight is 260 g/mol. The van der Waals surface area contributed by atoms with Crippen molar-refractivity contribution in [1.82, 2.24) is 0 Å². The van der Waals surface area contributed by atoms with E-state index in [1.807, 2.05) is 0 Å². The molecule has 14 heavy (non-hydrogen) atoms. The zero-order valence-electron chi connectivity index (χ0n) is 7.11. The molecule has 0 aliphatic heterocycles. The van der Waals surface area contributed by atoms with Gasteiger partial charge in [-0.15, -0.1) is 0 Å². The Morgan fingerprint density at radius 2 is 1.29 bits per heavy atom. The van der Waals surface area contributed by atoms with Gasteiger partial charge in [-0.25, -0.2) is 0 Å². The number of halogens is 6. The summed E-state index contributed by atoms with van der Waals surface area (Å²) in [5.74, 6) is -11.1. The molecule has 0 unspecified atom stereocenters. The van der Waals surface area contributed by atoms with Gasteiger partial charge in [0.25, 0.3) is 6.26 Å². The molecular weight excluding hydrogens is 253 g/mol. The molecule has 0 atom stereocenters. The third-order valence-corrected chi connectivity index (χ3v) is 4.58. The minimum absolute atomic E-state index is 1.07. The van der Waals surface area contributed by atoms with Crippen molar-refractivity contribution in [3.8, 4) is 0 Å². The molecular formula is C5H7F6OPS. The predicted octanol–water partition coefficient (Wildman–Crippen LogP) is 3.85. The first-order chi connectivity index (χ1) is 5.92. The fourth-order valence-electron chi connectivity index (χ4n) is 0.560. The summed E-state index contributed by atoms with van der Waals surface area (Å²) in [4.78, 5) is 0. The molecule has 9 heteroatoms.